The SMILES string of the molecule is Clc1cc(-c2ccccc2)cc(-c2nc(-c3ccc(-c4ccccc4)cc3)nc(-c3ccc(-c4ccccc4)cc3)n2)c1.Clc1cc(Br)cc(-c2nc(-c3ccc(-c4ccccc4)cc3)nc(-c3ccc(-c4ccccc4)cc3)n2)c1.Clc1nc(-c2ccc(-c3ccccc3)cc2)nc(-c2ccc(-c3ccccc3)cc2)n1.OB(O)c1cc(Cl)cc(Br)c1.OB(O)c1ccccc1.[3H][I-]I. The van der Waals surface area contributed by atoms with E-state index in [-0.39, 0.29) is 23.7 Å². The number of halogens is 8. The number of hydrogen-bond acceptors (Lipinski definition) is 13. The van der Waals surface area contributed by atoms with Gasteiger partial charge in [0.05, 0.1) is 0 Å². The molecule has 134 heavy (non-hydrogen) atoms. The van der Waals surface area contributed by atoms with Gasteiger partial charge in [0, 0.05) is 68.5 Å². The topological polar surface area (TPSA) is 197 Å². The van der Waals surface area contributed by atoms with Crippen LogP contribution in [0.1, 0.15) is 0 Å². The van der Waals surface area contributed by atoms with E-state index in [0.717, 1.165) is 109 Å². The molecule has 0 fully saturated rings. The zero-order chi connectivity index (χ0) is 93.8. The minimum absolute atomic E-state index is 0.180. The summed E-state index contributed by atoms with van der Waals surface area (Å²) in [4.78, 5) is 42.8. The van der Waals surface area contributed by atoms with Crippen molar-refractivity contribution in [2.75, 3.05) is 0 Å². The van der Waals surface area contributed by atoms with E-state index in [0.29, 0.717) is 72.6 Å². The molecule has 0 radical (unpaired) electrons. The molecule has 4 N–H and O–H groups in total. The average Bonchev–Trinajstić information content (AvgIpc) is 0.788. The molecule has 0 aliphatic rings. The molecule has 0 atom stereocenters. The van der Waals surface area contributed by atoms with Crippen molar-refractivity contribution in [3.8, 4) is 169 Å². The predicted octanol–water partition coefficient (Wildman–Crippen LogP) is 25.1. The van der Waals surface area contributed by atoms with Crippen LogP contribution in [0.5, 0.6) is 0 Å². The Hall–Kier alpha value is -12.7. The van der Waals surface area contributed by atoms with Gasteiger partial charge in [0.2, 0.25) is 5.28 Å². The second-order valence-electron chi connectivity index (χ2n) is 30.1. The summed E-state index contributed by atoms with van der Waals surface area (Å²) in [5.74, 6) is 4.66. The average molecular weight is 2180 g/mol. The Morgan fingerprint density at radius 3 is 0.612 bits per heavy atom. The van der Waals surface area contributed by atoms with Gasteiger partial charge in [-0.1, -0.05) is 455 Å². The van der Waals surface area contributed by atoms with Crippen LogP contribution in [-0.2, 0) is 0 Å². The van der Waals surface area contributed by atoms with Crippen molar-refractivity contribution in [3.05, 3.63) is 472 Å². The summed E-state index contributed by atoms with van der Waals surface area (Å²) in [5.41, 5.74) is 23.9. The van der Waals surface area contributed by atoms with Crippen LogP contribution in [0.4, 0.5) is 0 Å². The Labute approximate surface area is 838 Å². The van der Waals surface area contributed by atoms with Crippen molar-refractivity contribution < 1.29 is 38.5 Å². The molecule has 0 amide bonds. The number of hydrogen-bond donors (Lipinski definition) is 4. The first-order chi connectivity index (χ1) is 65.9. The molecular formula is C111H78B2Br2Cl4I2N9O4-. The van der Waals surface area contributed by atoms with Crippen LogP contribution in [0.15, 0.2) is 452 Å². The zero-order valence-corrected chi connectivity index (χ0v) is 81.6. The second-order valence-corrected chi connectivity index (χ2v) is 33.6. The predicted molar refractivity (Wildman–Crippen MR) is 564 cm³/mol. The molecule has 654 valence electrons. The van der Waals surface area contributed by atoms with Gasteiger partial charge in [-0.2, -0.15) is 9.97 Å². The van der Waals surface area contributed by atoms with E-state index in [2.05, 4.69) is 278 Å². The fraction of sp³-hybridized carbons (Fsp3) is 0. The number of benzene rings is 17. The molecule has 0 bridgehead atoms. The quantitative estimate of drug-likeness (QED) is 0.0497. The summed E-state index contributed by atoms with van der Waals surface area (Å²) in [5, 5.41) is 36.5. The van der Waals surface area contributed by atoms with Crippen LogP contribution in [0.25, 0.3) is 169 Å². The summed E-state index contributed by atoms with van der Waals surface area (Å²) >= 11 is 33.5. The van der Waals surface area contributed by atoms with E-state index in [4.69, 9.17) is 97.0 Å². The summed E-state index contributed by atoms with van der Waals surface area (Å²) in [6, 6.07) is 147. The van der Waals surface area contributed by atoms with Crippen LogP contribution in [-0.4, -0.2) is 79.8 Å². The molecule has 0 saturated heterocycles. The van der Waals surface area contributed by atoms with E-state index in [1.54, 1.807) is 36.4 Å². The summed E-state index contributed by atoms with van der Waals surface area (Å²) in [6.07, 6.45) is 0. The minimum atomic E-state index is -1.47. The van der Waals surface area contributed by atoms with Crippen molar-refractivity contribution in [1.82, 2.24) is 44.9 Å². The molecule has 23 heteroatoms. The maximum absolute atomic E-state index is 8.75. The summed E-state index contributed by atoms with van der Waals surface area (Å²) in [6.45, 7) is 0. The monoisotopic (exact) mass is 2180 g/mol. The normalized spacial score (nSPS) is 10.7. The molecule has 17 aromatic carbocycles. The molecule has 13 nitrogen and oxygen atoms in total. The Kier molecular flexibility index (Phi) is 33.7. The van der Waals surface area contributed by atoms with Gasteiger partial charge in [-0.3, -0.25) is 0 Å². The van der Waals surface area contributed by atoms with Gasteiger partial charge in [-0.05, 0) is 155 Å². The molecule has 20 rings (SSSR count). The first kappa shape index (κ1) is 94.5. The van der Waals surface area contributed by atoms with Crippen LogP contribution in [0.2, 0.25) is 20.4 Å². The number of aromatic nitrogens is 9. The first-order valence-electron chi connectivity index (χ1n) is 42.4. The van der Waals surface area contributed by atoms with Gasteiger partial charge in [-0.15, -0.1) is 0 Å². The van der Waals surface area contributed by atoms with E-state index in [1.807, 2.05) is 188 Å². The summed E-state index contributed by atoms with van der Waals surface area (Å²) < 4.78 is 7.90. The van der Waals surface area contributed by atoms with Gasteiger partial charge >= 0.3 is 51.9 Å². The third kappa shape index (κ3) is 26.4. The van der Waals surface area contributed by atoms with Gasteiger partial charge in [0.15, 0.2) is 46.6 Å². The van der Waals surface area contributed by atoms with Crippen LogP contribution >= 0.6 is 96.9 Å². The molecule has 20 aromatic rings. The van der Waals surface area contributed by atoms with Crippen LogP contribution < -0.4 is 29.3 Å². The van der Waals surface area contributed by atoms with Crippen molar-refractivity contribution in [2.45, 2.75) is 0 Å². The van der Waals surface area contributed by atoms with Gasteiger partial charge in [0.25, 0.3) is 0 Å². The van der Waals surface area contributed by atoms with Gasteiger partial charge in [0.1, 0.15) is 0 Å². The third-order valence-electron chi connectivity index (χ3n) is 21.0. The number of nitrogens with zero attached hydrogens (tertiary/aromatic N) is 9. The van der Waals surface area contributed by atoms with E-state index >= 15 is 0 Å². The van der Waals surface area contributed by atoms with Crippen LogP contribution in [0.3, 0.4) is 0 Å². The van der Waals surface area contributed by atoms with Crippen molar-refractivity contribution in [3.63, 3.8) is 0 Å². The maximum atomic E-state index is 8.75. The van der Waals surface area contributed by atoms with Crippen molar-refractivity contribution in [1.29, 1.82) is 0.594 Å². The first-order valence-corrected chi connectivity index (χ1v) is 51.5. The van der Waals surface area contributed by atoms with E-state index in [1.165, 1.54) is 28.3 Å². The second kappa shape index (κ2) is 47.8. The van der Waals surface area contributed by atoms with E-state index < -0.39 is 14.2 Å². The Morgan fingerprint density at radius 2 is 0.381 bits per heavy atom. The van der Waals surface area contributed by atoms with Crippen molar-refractivity contribution >= 4 is 122 Å². The van der Waals surface area contributed by atoms with Crippen LogP contribution in [0, 0.1) is 0 Å². The molecule has 0 unspecified atom stereocenters. The molecule has 3 aromatic heterocycles. The number of rotatable bonds is 17. The standard InChI is InChI=1S/C39H26ClN3.C33H21BrClN3.C27H18ClN3.C6H5BBrClO2.C6H7BO2.HI2/c40-36-25-34(29-14-8-3-9-15-29)24-35(26-36)39-42-37(32-20-16-30(17-21-32)27-10-4-1-5-11-27)41-38(43-39)33-22-18-31(19-23-33)28-12-6-2-7-13-28;34-29-19-28(20-30(35)21-29)33-37-31(26-15-11-24(12-16-26)22-7-3-1-4-8-22)36-32(38-33)27-17-13-25(14-18-27)23-9-5-2-6-10-23;28-27-30-25(23-15-11-21(12-16-23)19-7-3-1-4-8-19)29-26(31-27)24-17-13-22(14-18-24)20-9-5-2-6-10-20;8-5-1-4(7(10)11)2-6(9)3-5;8-7(9)6-4-2-1-3-5-6;1-2/h1-26H;1-21H;1-18H;1-3,10-11H;1-5,8-9H;1H/q;;;;;-1/i;;;;;1T. The molecule has 0 saturated carbocycles. The summed E-state index contributed by atoms with van der Waals surface area (Å²) in [7, 11) is -2.81. The van der Waals surface area contributed by atoms with Gasteiger partial charge in [-0.25, -0.2) is 34.9 Å². The zero-order valence-electron chi connectivity index (χ0n) is 72.1. The Morgan fingerprint density at radius 1 is 0.201 bits per heavy atom. The fourth-order valence-corrected chi connectivity index (χ4v) is 16.5. The van der Waals surface area contributed by atoms with Crippen molar-refractivity contribution in [2.24, 2.45) is 0 Å². The molecule has 0 spiro atoms. The van der Waals surface area contributed by atoms with E-state index in [9.17, 15) is 0 Å². The Balaban J connectivity index is 0.000000139. The third-order valence-corrected chi connectivity index (χ3v) is 22.8. The fourth-order valence-electron chi connectivity index (χ4n) is 14.3. The Bertz CT molecular complexity index is 6910. The molecular weight excluding hydrogens is 2100 g/mol. The molecule has 0 aliphatic heterocycles. The van der Waals surface area contributed by atoms with Gasteiger partial charge < -0.3 is 20.1 Å². The molecule has 3 heterocycles. The molecule has 0 aliphatic carbocycles.